The second-order valence-corrected chi connectivity index (χ2v) is 4.36. The number of nitrogens with one attached hydrogen (secondary N) is 1. The average molecular weight is 249 g/mol. The summed E-state index contributed by atoms with van der Waals surface area (Å²) >= 11 is 0. The molecule has 6 heteroatoms. The van der Waals surface area contributed by atoms with E-state index in [1.807, 2.05) is 0 Å². The van der Waals surface area contributed by atoms with E-state index in [0.29, 0.717) is 17.8 Å². The number of carbonyl (C=O) groups excluding carboxylic acids is 2. The molecule has 0 aliphatic carbocycles. The Hall–Kier alpha value is -1.95. The molecule has 2 heterocycles. The van der Waals surface area contributed by atoms with Crippen LogP contribution in [0.15, 0.2) is 18.5 Å². The number of anilines is 1. The summed E-state index contributed by atoms with van der Waals surface area (Å²) in [6.07, 6.45) is 3.27. The van der Waals surface area contributed by atoms with Crippen LogP contribution in [0.5, 0.6) is 0 Å². The normalized spacial score (nSPS) is 19.1. The molecular weight excluding hydrogens is 234 g/mol. The summed E-state index contributed by atoms with van der Waals surface area (Å²) in [7, 11) is 1.68. The third-order valence-corrected chi connectivity index (χ3v) is 3.05. The molecule has 2 N–H and O–H groups in total. The lowest BCUT2D eigenvalue weighted by Gasteiger charge is -2.12. The Kier molecular flexibility index (Phi) is 3.57. The molecule has 1 saturated heterocycles. The molecule has 0 bridgehead atoms. The first-order chi connectivity index (χ1) is 8.61. The van der Waals surface area contributed by atoms with E-state index in [-0.39, 0.29) is 30.8 Å². The van der Waals surface area contributed by atoms with Gasteiger partial charge in [0.05, 0.1) is 24.4 Å². The fraction of sp³-hybridized carbons (Fsp3) is 0.417. The van der Waals surface area contributed by atoms with Gasteiger partial charge in [0.2, 0.25) is 11.8 Å². The van der Waals surface area contributed by atoms with Gasteiger partial charge in [-0.3, -0.25) is 14.6 Å². The molecule has 1 aliphatic rings. The van der Waals surface area contributed by atoms with Gasteiger partial charge in [0, 0.05) is 31.8 Å². The van der Waals surface area contributed by atoms with Crippen LogP contribution >= 0.6 is 0 Å². The van der Waals surface area contributed by atoms with Crippen LogP contribution < -0.4 is 5.32 Å². The van der Waals surface area contributed by atoms with Gasteiger partial charge in [-0.2, -0.15) is 0 Å². The highest BCUT2D eigenvalue weighted by Gasteiger charge is 2.32. The minimum atomic E-state index is -0.339. The van der Waals surface area contributed by atoms with Crippen molar-refractivity contribution >= 4 is 17.5 Å². The first kappa shape index (κ1) is 12.5. The maximum atomic E-state index is 12.0. The number of amides is 2. The predicted octanol–water partition coefficient (Wildman–Crippen LogP) is -0.00930. The molecule has 1 fully saturated rings. The van der Waals surface area contributed by atoms with Gasteiger partial charge in [-0.05, 0) is 6.07 Å². The Balaban J connectivity index is 2.06. The molecule has 1 aromatic heterocycles. The van der Waals surface area contributed by atoms with E-state index >= 15 is 0 Å². The number of pyridine rings is 1. The molecule has 0 spiro atoms. The summed E-state index contributed by atoms with van der Waals surface area (Å²) in [5.41, 5.74) is 1.10. The third-order valence-electron chi connectivity index (χ3n) is 3.05. The average Bonchev–Trinajstić information content (AvgIpc) is 2.70. The van der Waals surface area contributed by atoms with Gasteiger partial charge in [0.15, 0.2) is 0 Å². The van der Waals surface area contributed by atoms with Gasteiger partial charge in [0.25, 0.3) is 0 Å². The summed E-state index contributed by atoms with van der Waals surface area (Å²) in [6.45, 7) is 0.265. The molecule has 1 atom stereocenters. The Morgan fingerprint density at radius 3 is 3.06 bits per heavy atom. The highest BCUT2D eigenvalue weighted by molar-refractivity contribution is 5.97. The number of carbonyl (C=O) groups is 2. The smallest absolute Gasteiger partial charge is 0.229 e. The summed E-state index contributed by atoms with van der Waals surface area (Å²) in [5.74, 6) is -0.576. The van der Waals surface area contributed by atoms with E-state index in [1.165, 1.54) is 6.20 Å². The number of nitrogens with zero attached hydrogens (tertiary/aromatic N) is 2. The van der Waals surface area contributed by atoms with Crippen molar-refractivity contribution in [2.24, 2.45) is 5.92 Å². The Labute approximate surface area is 105 Å². The van der Waals surface area contributed by atoms with Crippen LogP contribution in [0.2, 0.25) is 0 Å². The SMILES string of the molecule is CN1CC(C(=O)Nc2cnccc2CO)CC1=O. The zero-order valence-electron chi connectivity index (χ0n) is 10.1. The number of aromatic nitrogens is 1. The summed E-state index contributed by atoms with van der Waals surface area (Å²) in [5, 5.41) is 11.8. The Morgan fingerprint density at radius 2 is 2.44 bits per heavy atom. The van der Waals surface area contributed by atoms with Gasteiger partial charge in [-0.1, -0.05) is 0 Å². The second kappa shape index (κ2) is 5.14. The van der Waals surface area contributed by atoms with Gasteiger partial charge in [-0.25, -0.2) is 0 Å². The van der Waals surface area contributed by atoms with Crippen molar-refractivity contribution in [1.82, 2.24) is 9.88 Å². The zero-order valence-corrected chi connectivity index (χ0v) is 10.1. The first-order valence-electron chi connectivity index (χ1n) is 5.70. The standard InChI is InChI=1S/C12H15N3O3/c1-15-6-9(4-11(15)17)12(18)14-10-5-13-3-2-8(10)7-16/h2-3,5,9,16H,4,6-7H2,1H3,(H,14,18). The molecule has 2 amide bonds. The summed E-state index contributed by atoms with van der Waals surface area (Å²) < 4.78 is 0. The fourth-order valence-electron chi connectivity index (χ4n) is 1.95. The highest BCUT2D eigenvalue weighted by atomic mass is 16.3. The van der Waals surface area contributed by atoms with Crippen LogP contribution in [0.4, 0.5) is 5.69 Å². The number of aliphatic hydroxyl groups excluding tert-OH is 1. The molecule has 1 unspecified atom stereocenters. The number of hydrogen-bond acceptors (Lipinski definition) is 4. The van der Waals surface area contributed by atoms with E-state index in [1.54, 1.807) is 24.2 Å². The van der Waals surface area contributed by atoms with Crippen molar-refractivity contribution in [3.63, 3.8) is 0 Å². The van der Waals surface area contributed by atoms with E-state index in [4.69, 9.17) is 5.11 Å². The lowest BCUT2D eigenvalue weighted by atomic mass is 10.1. The fourth-order valence-corrected chi connectivity index (χ4v) is 1.95. The van der Waals surface area contributed by atoms with E-state index in [2.05, 4.69) is 10.3 Å². The molecule has 0 radical (unpaired) electrons. The van der Waals surface area contributed by atoms with Gasteiger partial charge in [0.1, 0.15) is 0 Å². The first-order valence-corrected chi connectivity index (χ1v) is 5.70. The lowest BCUT2D eigenvalue weighted by Crippen LogP contribution is -2.26. The molecule has 1 aromatic rings. The largest absolute Gasteiger partial charge is 0.392 e. The summed E-state index contributed by atoms with van der Waals surface area (Å²) in [4.78, 5) is 28.8. The van der Waals surface area contributed by atoms with Crippen LogP contribution in [0.25, 0.3) is 0 Å². The topological polar surface area (TPSA) is 82.5 Å². The number of likely N-dealkylation sites (tertiary alicyclic amines) is 1. The van der Waals surface area contributed by atoms with Gasteiger partial charge in [-0.15, -0.1) is 0 Å². The van der Waals surface area contributed by atoms with Crippen LogP contribution in [0.1, 0.15) is 12.0 Å². The molecule has 1 aliphatic heterocycles. The van der Waals surface area contributed by atoms with Crippen molar-refractivity contribution in [3.8, 4) is 0 Å². The van der Waals surface area contributed by atoms with Crippen molar-refractivity contribution in [2.45, 2.75) is 13.0 Å². The molecule has 2 rings (SSSR count). The number of aliphatic hydroxyl groups is 1. The highest BCUT2D eigenvalue weighted by Crippen LogP contribution is 2.20. The zero-order chi connectivity index (χ0) is 13.1. The van der Waals surface area contributed by atoms with Crippen molar-refractivity contribution in [3.05, 3.63) is 24.0 Å². The van der Waals surface area contributed by atoms with Gasteiger partial charge >= 0.3 is 0 Å². The molecular formula is C12H15N3O3. The van der Waals surface area contributed by atoms with Crippen molar-refractivity contribution in [2.75, 3.05) is 18.9 Å². The monoisotopic (exact) mass is 249 g/mol. The van der Waals surface area contributed by atoms with E-state index < -0.39 is 0 Å². The molecule has 6 nitrogen and oxygen atoms in total. The molecule has 96 valence electrons. The van der Waals surface area contributed by atoms with Crippen LogP contribution in [-0.4, -0.2) is 40.4 Å². The van der Waals surface area contributed by atoms with Gasteiger partial charge < -0.3 is 15.3 Å². The maximum absolute atomic E-state index is 12.0. The minimum Gasteiger partial charge on any atom is -0.392 e. The van der Waals surface area contributed by atoms with Crippen LogP contribution in [0, 0.1) is 5.92 Å². The number of hydrogen-bond donors (Lipinski definition) is 2. The molecule has 18 heavy (non-hydrogen) atoms. The summed E-state index contributed by atoms with van der Waals surface area (Å²) in [6, 6.07) is 1.64. The van der Waals surface area contributed by atoms with Crippen LogP contribution in [0.3, 0.4) is 0 Å². The van der Waals surface area contributed by atoms with Crippen LogP contribution in [-0.2, 0) is 16.2 Å². The Morgan fingerprint density at radius 1 is 1.67 bits per heavy atom. The van der Waals surface area contributed by atoms with Crippen molar-refractivity contribution < 1.29 is 14.7 Å². The van der Waals surface area contributed by atoms with Crippen molar-refractivity contribution in [1.29, 1.82) is 0 Å². The third kappa shape index (κ3) is 2.48. The maximum Gasteiger partial charge on any atom is 0.229 e. The quantitative estimate of drug-likeness (QED) is 0.789. The minimum absolute atomic E-state index is 0.0243. The second-order valence-electron chi connectivity index (χ2n) is 4.36. The predicted molar refractivity (Wildman–Crippen MR) is 64.5 cm³/mol. The molecule has 0 aromatic carbocycles. The Bertz CT molecular complexity index is 475. The number of rotatable bonds is 3. The van der Waals surface area contributed by atoms with E-state index in [0.717, 1.165) is 0 Å². The molecule has 0 saturated carbocycles. The lowest BCUT2D eigenvalue weighted by molar-refractivity contribution is -0.127. The van der Waals surface area contributed by atoms with E-state index in [9.17, 15) is 9.59 Å².